The summed E-state index contributed by atoms with van der Waals surface area (Å²) in [5.74, 6) is -6.06. The zero-order valence-electron chi connectivity index (χ0n) is 9.11. The standard InChI is InChI=1S/C7H3F13O/c8-2(3(9,10)1-21-7(18,19)20)4(11,5(12,13)14)6(15,16)17/h2H,1H2. The minimum absolute atomic E-state index is 2.24. The first kappa shape index (κ1) is 20.1. The van der Waals surface area contributed by atoms with Crippen molar-refractivity contribution in [2.24, 2.45) is 0 Å². The van der Waals surface area contributed by atoms with Gasteiger partial charge in [0.05, 0.1) is 0 Å². The Morgan fingerprint density at radius 1 is 0.667 bits per heavy atom. The van der Waals surface area contributed by atoms with Crippen molar-refractivity contribution in [1.82, 2.24) is 0 Å². The van der Waals surface area contributed by atoms with E-state index in [2.05, 4.69) is 4.74 Å². The van der Waals surface area contributed by atoms with Crippen LogP contribution in [-0.4, -0.2) is 43.1 Å². The Hall–Kier alpha value is -0.950. The summed E-state index contributed by atoms with van der Waals surface area (Å²) in [6.07, 6.45) is -26.0. The van der Waals surface area contributed by atoms with Crippen molar-refractivity contribution in [2.75, 3.05) is 6.61 Å². The van der Waals surface area contributed by atoms with E-state index in [4.69, 9.17) is 0 Å². The van der Waals surface area contributed by atoms with Gasteiger partial charge in [-0.3, -0.25) is 4.74 Å². The fourth-order valence-electron chi connectivity index (χ4n) is 0.990. The van der Waals surface area contributed by atoms with Crippen molar-refractivity contribution < 1.29 is 61.8 Å². The van der Waals surface area contributed by atoms with E-state index in [9.17, 15) is 57.1 Å². The molecule has 0 aliphatic carbocycles. The Balaban J connectivity index is 5.55. The second-order valence-corrected chi connectivity index (χ2v) is 3.57. The molecule has 0 N–H and O–H groups in total. The highest BCUT2D eigenvalue weighted by Crippen LogP contribution is 2.52. The number of ether oxygens (including phenoxy) is 1. The lowest BCUT2D eigenvalue weighted by molar-refractivity contribution is -0.386. The van der Waals surface area contributed by atoms with Crippen LogP contribution in [0.3, 0.4) is 0 Å². The molecular weight excluding hydrogens is 347 g/mol. The average Bonchev–Trinajstić information content (AvgIpc) is 2.20. The van der Waals surface area contributed by atoms with Crippen molar-refractivity contribution in [1.29, 1.82) is 0 Å². The van der Waals surface area contributed by atoms with Crippen LogP contribution in [0.2, 0.25) is 0 Å². The average molecular weight is 350 g/mol. The van der Waals surface area contributed by atoms with Crippen molar-refractivity contribution in [2.45, 2.75) is 36.5 Å². The van der Waals surface area contributed by atoms with E-state index in [1.54, 1.807) is 0 Å². The Kier molecular flexibility index (Phi) is 5.11. The third-order valence-electron chi connectivity index (χ3n) is 1.97. The summed E-state index contributed by atoms with van der Waals surface area (Å²) in [4.78, 5) is 0. The summed E-state index contributed by atoms with van der Waals surface area (Å²) in [6, 6.07) is 0. The molecule has 0 bridgehead atoms. The van der Waals surface area contributed by atoms with E-state index in [1.807, 2.05) is 0 Å². The van der Waals surface area contributed by atoms with Gasteiger partial charge < -0.3 is 0 Å². The molecule has 21 heavy (non-hydrogen) atoms. The molecule has 0 amide bonds. The van der Waals surface area contributed by atoms with Crippen LogP contribution in [0.25, 0.3) is 0 Å². The van der Waals surface area contributed by atoms with E-state index < -0.39 is 43.1 Å². The molecule has 0 radical (unpaired) electrons. The van der Waals surface area contributed by atoms with Crippen LogP contribution >= 0.6 is 0 Å². The highest BCUT2D eigenvalue weighted by atomic mass is 19.4. The molecular formula is C7H3F13O. The lowest BCUT2D eigenvalue weighted by Crippen LogP contribution is -2.65. The Bertz CT molecular complexity index is 335. The monoisotopic (exact) mass is 350 g/mol. The third kappa shape index (κ3) is 4.26. The smallest absolute Gasteiger partial charge is 0.285 e. The summed E-state index contributed by atoms with van der Waals surface area (Å²) in [6.45, 7) is -3.27. The van der Waals surface area contributed by atoms with Gasteiger partial charge in [-0.05, 0) is 0 Å². The maximum Gasteiger partial charge on any atom is 0.522 e. The van der Waals surface area contributed by atoms with Gasteiger partial charge >= 0.3 is 30.3 Å². The van der Waals surface area contributed by atoms with Crippen LogP contribution in [0.15, 0.2) is 0 Å². The molecule has 0 rings (SSSR count). The number of halogens is 13. The van der Waals surface area contributed by atoms with Gasteiger partial charge in [0.2, 0.25) is 6.17 Å². The zero-order valence-corrected chi connectivity index (χ0v) is 9.11. The van der Waals surface area contributed by atoms with E-state index in [0.29, 0.717) is 0 Å². The van der Waals surface area contributed by atoms with E-state index in [0.717, 1.165) is 0 Å². The first-order chi connectivity index (χ1) is 8.86. The van der Waals surface area contributed by atoms with Crippen molar-refractivity contribution in [3.8, 4) is 0 Å². The van der Waals surface area contributed by atoms with Gasteiger partial charge in [0.15, 0.2) is 0 Å². The predicted octanol–water partition coefficient (Wildman–Crippen LogP) is 4.33. The van der Waals surface area contributed by atoms with Crippen molar-refractivity contribution in [3.63, 3.8) is 0 Å². The predicted molar refractivity (Wildman–Crippen MR) is 37.8 cm³/mol. The first-order valence-corrected chi connectivity index (χ1v) is 4.41. The third-order valence-corrected chi connectivity index (χ3v) is 1.97. The summed E-state index contributed by atoms with van der Waals surface area (Å²) in [5, 5.41) is 0. The van der Waals surface area contributed by atoms with Crippen LogP contribution in [0, 0.1) is 0 Å². The molecule has 1 nitrogen and oxygen atoms in total. The number of rotatable bonds is 4. The molecule has 0 saturated carbocycles. The van der Waals surface area contributed by atoms with Crippen LogP contribution in [-0.2, 0) is 4.74 Å². The molecule has 0 aromatic carbocycles. The summed E-state index contributed by atoms with van der Waals surface area (Å²) >= 11 is 0. The van der Waals surface area contributed by atoms with Gasteiger partial charge in [0, 0.05) is 0 Å². The molecule has 0 fully saturated rings. The van der Waals surface area contributed by atoms with E-state index in [-0.39, 0.29) is 0 Å². The molecule has 1 atom stereocenters. The number of hydrogen-bond donors (Lipinski definition) is 0. The molecule has 128 valence electrons. The van der Waals surface area contributed by atoms with Crippen LogP contribution < -0.4 is 0 Å². The fourth-order valence-corrected chi connectivity index (χ4v) is 0.990. The first-order valence-electron chi connectivity index (χ1n) is 4.41. The highest BCUT2D eigenvalue weighted by Gasteiger charge is 2.81. The molecule has 0 spiro atoms. The van der Waals surface area contributed by atoms with Gasteiger partial charge in [-0.15, -0.1) is 13.2 Å². The summed E-state index contributed by atoms with van der Waals surface area (Å²) in [5.41, 5.74) is -7.07. The minimum Gasteiger partial charge on any atom is -0.285 e. The zero-order chi connectivity index (χ0) is 17.5. The van der Waals surface area contributed by atoms with E-state index in [1.165, 1.54) is 0 Å². The maximum absolute atomic E-state index is 12.9. The molecule has 0 aromatic rings. The summed E-state index contributed by atoms with van der Waals surface area (Å²) < 4.78 is 159. The SMILES string of the molecule is FC(C(F)(F)COC(F)(F)F)C(F)(C(F)(F)F)C(F)(F)F. The van der Waals surface area contributed by atoms with Gasteiger partial charge in [0.1, 0.15) is 6.61 Å². The van der Waals surface area contributed by atoms with Gasteiger partial charge in [-0.25, -0.2) is 17.6 Å². The molecule has 0 aliphatic rings. The van der Waals surface area contributed by atoms with Crippen molar-refractivity contribution >= 4 is 0 Å². The van der Waals surface area contributed by atoms with Gasteiger partial charge in [-0.2, -0.15) is 26.3 Å². The molecule has 14 heteroatoms. The van der Waals surface area contributed by atoms with Crippen LogP contribution in [0.1, 0.15) is 0 Å². The molecule has 0 saturated heterocycles. The second-order valence-electron chi connectivity index (χ2n) is 3.57. The Morgan fingerprint density at radius 3 is 1.24 bits per heavy atom. The fraction of sp³-hybridized carbons (Fsp3) is 1.00. The second kappa shape index (κ2) is 5.35. The lowest BCUT2D eigenvalue weighted by atomic mass is 9.93. The highest BCUT2D eigenvalue weighted by molar-refractivity contribution is 5.05. The lowest BCUT2D eigenvalue weighted by Gasteiger charge is -2.35. The van der Waals surface area contributed by atoms with Crippen molar-refractivity contribution in [3.05, 3.63) is 0 Å². The Morgan fingerprint density at radius 2 is 1.00 bits per heavy atom. The van der Waals surface area contributed by atoms with Crippen LogP contribution in [0.4, 0.5) is 57.1 Å². The maximum atomic E-state index is 12.9. The van der Waals surface area contributed by atoms with Crippen LogP contribution in [0.5, 0.6) is 0 Å². The molecule has 0 aromatic heterocycles. The molecule has 0 heterocycles. The minimum atomic E-state index is -7.19. The Labute approximate surface area is 106 Å². The normalized spacial score (nSPS) is 17.0. The molecule has 1 unspecified atom stereocenters. The quantitative estimate of drug-likeness (QED) is 0.686. The largest absolute Gasteiger partial charge is 0.522 e. The summed E-state index contributed by atoms with van der Waals surface area (Å²) in [7, 11) is 0. The van der Waals surface area contributed by atoms with Gasteiger partial charge in [-0.1, -0.05) is 0 Å². The number of hydrogen-bond acceptors (Lipinski definition) is 1. The van der Waals surface area contributed by atoms with Gasteiger partial charge in [0.25, 0.3) is 0 Å². The van der Waals surface area contributed by atoms with E-state index >= 15 is 0 Å². The number of alkyl halides is 13. The molecule has 0 aliphatic heterocycles. The topological polar surface area (TPSA) is 9.23 Å².